The number of pyridine rings is 1. The molecule has 0 saturated heterocycles. The number of hydrazone groups is 1. The van der Waals surface area contributed by atoms with Crippen molar-refractivity contribution in [1.29, 1.82) is 0 Å². The topological polar surface area (TPSA) is 123 Å². The van der Waals surface area contributed by atoms with E-state index in [1.54, 1.807) is 24.4 Å². The maximum Gasteiger partial charge on any atom is 0.264 e. The summed E-state index contributed by atoms with van der Waals surface area (Å²) < 4.78 is 1.25. The molecule has 0 saturated carbocycles. The number of nitrogen functional groups attached to an aromatic ring is 1. The first-order valence-electron chi connectivity index (χ1n) is 8.69. The van der Waals surface area contributed by atoms with E-state index in [-0.39, 0.29) is 17.6 Å². The van der Waals surface area contributed by atoms with E-state index in [4.69, 9.17) is 5.84 Å². The van der Waals surface area contributed by atoms with Crippen molar-refractivity contribution < 1.29 is 4.79 Å². The Hall–Kier alpha value is -3.66. The van der Waals surface area contributed by atoms with Crippen LogP contribution in [0.2, 0.25) is 0 Å². The molecule has 0 aliphatic carbocycles. The molecule has 0 fully saturated rings. The lowest BCUT2D eigenvalue weighted by Gasteiger charge is -2.04. The van der Waals surface area contributed by atoms with E-state index >= 15 is 0 Å². The summed E-state index contributed by atoms with van der Waals surface area (Å²) in [5.41, 5.74) is 4.59. The molecule has 1 amide bonds. The molecule has 3 rings (SSSR count). The van der Waals surface area contributed by atoms with Crippen molar-refractivity contribution >= 4 is 41.2 Å². The van der Waals surface area contributed by atoms with Crippen LogP contribution in [-0.4, -0.2) is 37.2 Å². The maximum absolute atomic E-state index is 12.0. The molecule has 148 valence electrons. The van der Waals surface area contributed by atoms with E-state index in [2.05, 4.69) is 31.0 Å². The summed E-state index contributed by atoms with van der Waals surface area (Å²) in [4.78, 5) is 16.0. The number of nitrogens with two attached hydrogens (primary N) is 1. The van der Waals surface area contributed by atoms with Crippen molar-refractivity contribution in [3.05, 3.63) is 66.4 Å². The molecule has 10 heteroatoms. The van der Waals surface area contributed by atoms with Gasteiger partial charge in [0.1, 0.15) is 5.82 Å². The summed E-state index contributed by atoms with van der Waals surface area (Å²) >= 11 is 1.16. The van der Waals surface area contributed by atoms with E-state index in [0.717, 1.165) is 23.0 Å². The van der Waals surface area contributed by atoms with Crippen LogP contribution in [0.4, 0.5) is 11.8 Å². The summed E-state index contributed by atoms with van der Waals surface area (Å²) in [7, 11) is 0. The minimum absolute atomic E-state index is 0.119. The van der Waals surface area contributed by atoms with Gasteiger partial charge in [0.05, 0.1) is 11.5 Å². The van der Waals surface area contributed by atoms with Gasteiger partial charge in [-0.1, -0.05) is 54.2 Å². The van der Waals surface area contributed by atoms with Gasteiger partial charge in [-0.2, -0.15) is 5.10 Å². The number of hydrogen-bond acceptors (Lipinski definition) is 8. The number of thioether (sulfide) groups is 1. The average molecular weight is 408 g/mol. The fourth-order valence-corrected chi connectivity index (χ4v) is 2.81. The quantitative estimate of drug-likeness (QED) is 0.227. The molecule has 4 N–H and O–H groups in total. The highest BCUT2D eigenvalue weighted by Crippen LogP contribution is 2.17. The fourth-order valence-electron chi connectivity index (χ4n) is 2.15. The molecule has 0 unspecified atom stereocenters. The molecule has 0 aliphatic heterocycles. The molecule has 1 aromatic carbocycles. The van der Waals surface area contributed by atoms with Gasteiger partial charge in [-0.3, -0.25) is 4.79 Å². The number of nitrogens with zero attached hydrogens (tertiary/aromatic N) is 5. The Labute approximate surface area is 172 Å². The fraction of sp³-hybridized carbons (Fsp3) is 0.105. The minimum atomic E-state index is -0.217. The third kappa shape index (κ3) is 6.18. The second kappa shape index (κ2) is 10.0. The summed E-state index contributed by atoms with van der Waals surface area (Å²) in [5.74, 6) is 6.63. The molecule has 0 radical (unpaired) electrons. The zero-order chi connectivity index (χ0) is 20.5. The number of nitrogens with one attached hydrogen (secondary N) is 2. The molecule has 0 bridgehead atoms. The van der Waals surface area contributed by atoms with Crippen LogP contribution in [0, 0.1) is 0 Å². The van der Waals surface area contributed by atoms with Crippen LogP contribution in [0.5, 0.6) is 0 Å². The van der Waals surface area contributed by atoms with E-state index < -0.39 is 0 Å². The summed E-state index contributed by atoms with van der Waals surface area (Å²) in [6.45, 7) is 1.85. The van der Waals surface area contributed by atoms with Gasteiger partial charge in [0, 0.05) is 6.20 Å². The first kappa shape index (κ1) is 20.1. The Bertz CT molecular complexity index is 1000. The normalized spacial score (nSPS) is 11.6. The van der Waals surface area contributed by atoms with Crippen LogP contribution >= 0.6 is 11.8 Å². The largest absolute Gasteiger partial charge is 0.334 e. The van der Waals surface area contributed by atoms with Gasteiger partial charge in [-0.05, 0) is 30.7 Å². The second-order valence-electron chi connectivity index (χ2n) is 5.84. The summed E-state index contributed by atoms with van der Waals surface area (Å²) in [5, 5.41) is 15.2. The molecule has 3 aromatic rings. The zero-order valence-electron chi connectivity index (χ0n) is 15.7. The Morgan fingerprint density at radius 1 is 1.21 bits per heavy atom. The van der Waals surface area contributed by atoms with Crippen molar-refractivity contribution in [3.63, 3.8) is 0 Å². The molecule has 0 atom stereocenters. The van der Waals surface area contributed by atoms with Gasteiger partial charge in [-0.15, -0.1) is 10.2 Å². The van der Waals surface area contributed by atoms with E-state index in [9.17, 15) is 4.79 Å². The van der Waals surface area contributed by atoms with Crippen molar-refractivity contribution in [2.45, 2.75) is 12.1 Å². The van der Waals surface area contributed by atoms with Crippen LogP contribution in [0.3, 0.4) is 0 Å². The lowest BCUT2D eigenvalue weighted by Crippen LogP contribution is -2.17. The number of carbonyl (C=O) groups excluding carboxylic acids is 1. The predicted octanol–water partition coefficient (Wildman–Crippen LogP) is 2.62. The van der Waals surface area contributed by atoms with Gasteiger partial charge in [0.2, 0.25) is 11.1 Å². The SMILES string of the molecule is CC(/C=C/c1ccccc1)=N\Nc1nnc(SCC(=O)Nc2ccccn2)n1N. The van der Waals surface area contributed by atoms with E-state index in [0.29, 0.717) is 11.0 Å². The molecule has 29 heavy (non-hydrogen) atoms. The highest BCUT2D eigenvalue weighted by molar-refractivity contribution is 7.99. The monoisotopic (exact) mass is 408 g/mol. The van der Waals surface area contributed by atoms with Crippen LogP contribution < -0.4 is 16.6 Å². The summed E-state index contributed by atoms with van der Waals surface area (Å²) in [6, 6.07) is 15.2. The zero-order valence-corrected chi connectivity index (χ0v) is 16.5. The number of rotatable bonds is 8. The summed E-state index contributed by atoms with van der Waals surface area (Å²) in [6.07, 6.45) is 5.43. The van der Waals surface area contributed by atoms with E-state index in [1.807, 2.05) is 49.4 Å². The highest BCUT2D eigenvalue weighted by Gasteiger charge is 2.12. The highest BCUT2D eigenvalue weighted by atomic mass is 32.2. The minimum Gasteiger partial charge on any atom is -0.334 e. The predicted molar refractivity (Wildman–Crippen MR) is 116 cm³/mol. The Morgan fingerprint density at radius 2 is 2.00 bits per heavy atom. The molecule has 9 nitrogen and oxygen atoms in total. The van der Waals surface area contributed by atoms with Crippen LogP contribution in [0.25, 0.3) is 6.08 Å². The average Bonchev–Trinajstić information content (AvgIpc) is 3.10. The molecular weight excluding hydrogens is 388 g/mol. The molecule has 2 aromatic heterocycles. The third-order valence-electron chi connectivity index (χ3n) is 3.58. The second-order valence-corrected chi connectivity index (χ2v) is 6.78. The van der Waals surface area contributed by atoms with Crippen LogP contribution in [-0.2, 0) is 4.79 Å². The van der Waals surface area contributed by atoms with Crippen LogP contribution in [0.1, 0.15) is 12.5 Å². The number of allylic oxidation sites excluding steroid dienone is 1. The first-order chi connectivity index (χ1) is 14.1. The Kier molecular flexibility index (Phi) is 6.95. The smallest absolute Gasteiger partial charge is 0.264 e. The maximum atomic E-state index is 12.0. The Morgan fingerprint density at radius 3 is 2.76 bits per heavy atom. The first-order valence-corrected chi connectivity index (χ1v) is 9.68. The lowest BCUT2D eigenvalue weighted by molar-refractivity contribution is -0.113. The van der Waals surface area contributed by atoms with Gasteiger partial charge in [-0.25, -0.2) is 15.1 Å². The number of amides is 1. The number of carbonyl (C=O) groups is 1. The van der Waals surface area contributed by atoms with E-state index in [1.165, 1.54) is 4.68 Å². The van der Waals surface area contributed by atoms with Gasteiger partial charge >= 0.3 is 0 Å². The number of aromatic nitrogens is 4. The number of hydrogen-bond donors (Lipinski definition) is 3. The molecule has 0 aliphatic rings. The molecule has 0 spiro atoms. The standard InChI is InChI=1S/C19H20N8OS/c1-14(10-11-15-7-3-2-4-8-15)23-24-18-25-26-19(27(18)20)29-13-17(28)22-16-9-5-6-12-21-16/h2-12H,13,20H2,1H3,(H,24,25)(H,21,22,28)/b11-10+,23-14+. The third-order valence-corrected chi connectivity index (χ3v) is 4.52. The van der Waals surface area contributed by atoms with Crippen molar-refractivity contribution in [3.8, 4) is 0 Å². The van der Waals surface area contributed by atoms with Crippen LogP contribution in [0.15, 0.2) is 71.1 Å². The van der Waals surface area contributed by atoms with Crippen molar-refractivity contribution in [1.82, 2.24) is 19.9 Å². The lowest BCUT2D eigenvalue weighted by atomic mass is 10.2. The van der Waals surface area contributed by atoms with Gasteiger partial charge in [0.25, 0.3) is 5.95 Å². The molecular formula is C19H20N8OS. The van der Waals surface area contributed by atoms with Gasteiger partial charge in [0.15, 0.2) is 0 Å². The Balaban J connectivity index is 1.52. The number of anilines is 2. The number of benzene rings is 1. The molecule has 2 heterocycles. The van der Waals surface area contributed by atoms with Crippen molar-refractivity contribution in [2.24, 2.45) is 5.10 Å². The van der Waals surface area contributed by atoms with Crippen molar-refractivity contribution in [2.75, 3.05) is 22.3 Å². The van der Waals surface area contributed by atoms with Gasteiger partial charge < -0.3 is 11.2 Å².